The maximum atomic E-state index is 13.3. The van der Waals surface area contributed by atoms with Gasteiger partial charge < -0.3 is 10.2 Å². The van der Waals surface area contributed by atoms with Gasteiger partial charge in [0, 0.05) is 29.7 Å². The molecule has 4 heterocycles. The summed E-state index contributed by atoms with van der Waals surface area (Å²) in [6.45, 7) is 3.96. The zero-order valence-electron chi connectivity index (χ0n) is 21.1. The van der Waals surface area contributed by atoms with Crippen LogP contribution in [0.4, 0.5) is 11.5 Å². The summed E-state index contributed by atoms with van der Waals surface area (Å²) in [6.07, 6.45) is 1.52. The van der Waals surface area contributed by atoms with Crippen molar-refractivity contribution in [2.45, 2.75) is 20.3 Å². The van der Waals surface area contributed by atoms with Crippen LogP contribution in [-0.4, -0.2) is 47.9 Å². The summed E-state index contributed by atoms with van der Waals surface area (Å²) in [6, 6.07) is 16.3. The molecule has 2 amide bonds. The molecule has 0 bridgehead atoms. The Morgan fingerprint density at radius 3 is 2.69 bits per heavy atom. The van der Waals surface area contributed by atoms with Crippen molar-refractivity contribution in [2.75, 3.05) is 16.8 Å². The topological polar surface area (TPSA) is 131 Å². The van der Waals surface area contributed by atoms with Crippen LogP contribution < -0.4 is 15.8 Å². The van der Waals surface area contributed by atoms with E-state index in [0.29, 0.717) is 27.9 Å². The van der Waals surface area contributed by atoms with E-state index >= 15 is 0 Å². The molecule has 1 unspecified atom stereocenters. The molecule has 5 aromatic rings. The maximum Gasteiger partial charge on any atom is 0.263 e. The van der Waals surface area contributed by atoms with Crippen molar-refractivity contribution in [1.82, 2.24) is 29.5 Å². The molecule has 1 saturated heterocycles. The fourth-order valence-electron chi connectivity index (χ4n) is 4.76. The number of hydrogen-bond donors (Lipinski definition) is 2. The number of aryl methyl sites for hydroxylation is 2. The van der Waals surface area contributed by atoms with E-state index in [-0.39, 0.29) is 36.1 Å². The van der Waals surface area contributed by atoms with Crippen molar-refractivity contribution in [1.29, 1.82) is 0 Å². The number of nitrogens with one attached hydrogen (secondary N) is 2. The Bertz CT molecular complexity index is 1820. The Labute approximate surface area is 227 Å². The highest BCUT2D eigenvalue weighted by molar-refractivity contribution is 6.30. The highest BCUT2D eigenvalue weighted by Crippen LogP contribution is 2.29. The molecule has 0 aliphatic carbocycles. The van der Waals surface area contributed by atoms with Gasteiger partial charge in [-0.05, 0) is 43.7 Å². The molecule has 1 aliphatic rings. The average Bonchev–Trinajstić information content (AvgIpc) is 3.61. The first-order valence-corrected chi connectivity index (χ1v) is 12.6. The van der Waals surface area contributed by atoms with Crippen LogP contribution in [0.15, 0.2) is 65.6 Å². The number of anilines is 2. The number of carbonyl (C=O) groups excluding carboxylic acids is 2. The van der Waals surface area contributed by atoms with Gasteiger partial charge in [-0.15, -0.1) is 0 Å². The molecule has 2 aromatic carbocycles. The molecule has 12 heteroatoms. The zero-order valence-corrected chi connectivity index (χ0v) is 21.8. The normalized spacial score (nSPS) is 15.3. The molecule has 6 rings (SSSR count). The number of rotatable bonds is 5. The van der Waals surface area contributed by atoms with Crippen molar-refractivity contribution in [3.8, 4) is 11.6 Å². The number of aromatic amines is 1. The first kappa shape index (κ1) is 24.6. The minimum absolute atomic E-state index is 0.0904. The van der Waals surface area contributed by atoms with Crippen molar-refractivity contribution in [3.05, 3.63) is 87.4 Å². The van der Waals surface area contributed by atoms with Gasteiger partial charge in [0.1, 0.15) is 11.2 Å². The smallest absolute Gasteiger partial charge is 0.263 e. The minimum Gasteiger partial charge on any atom is -0.311 e. The van der Waals surface area contributed by atoms with Crippen molar-refractivity contribution in [2.24, 2.45) is 5.92 Å². The van der Waals surface area contributed by atoms with Gasteiger partial charge in [0.2, 0.25) is 17.8 Å². The second-order valence-corrected chi connectivity index (χ2v) is 9.86. The number of amides is 2. The number of fused-ring (bicyclic) bond motifs is 1. The fourth-order valence-corrected chi connectivity index (χ4v) is 4.95. The molecular formula is C27H23ClN8O3. The third-order valence-corrected chi connectivity index (χ3v) is 6.90. The lowest BCUT2D eigenvalue weighted by Crippen LogP contribution is -2.29. The summed E-state index contributed by atoms with van der Waals surface area (Å²) < 4.78 is 2.87. The van der Waals surface area contributed by atoms with Crippen LogP contribution >= 0.6 is 11.6 Å². The second kappa shape index (κ2) is 9.52. The Hall–Kier alpha value is -4.77. The molecule has 0 saturated carbocycles. The van der Waals surface area contributed by atoms with Gasteiger partial charge >= 0.3 is 0 Å². The van der Waals surface area contributed by atoms with E-state index in [2.05, 4.69) is 25.5 Å². The molecule has 2 N–H and O–H groups in total. The van der Waals surface area contributed by atoms with Gasteiger partial charge in [0.15, 0.2) is 5.65 Å². The predicted octanol–water partition coefficient (Wildman–Crippen LogP) is 3.56. The Kier molecular flexibility index (Phi) is 5.99. The van der Waals surface area contributed by atoms with Gasteiger partial charge in [-0.1, -0.05) is 35.9 Å². The number of carbonyl (C=O) groups is 2. The van der Waals surface area contributed by atoms with Crippen molar-refractivity contribution < 1.29 is 9.59 Å². The molecule has 0 spiro atoms. The molecular weight excluding hydrogens is 520 g/mol. The van der Waals surface area contributed by atoms with Crippen LogP contribution in [0.1, 0.15) is 17.7 Å². The largest absolute Gasteiger partial charge is 0.311 e. The highest BCUT2D eigenvalue weighted by atomic mass is 35.5. The minimum atomic E-state index is -0.556. The fraction of sp³-hybridized carbons (Fsp3) is 0.185. The maximum absolute atomic E-state index is 13.3. The SMILES string of the molecule is Cc1cc(NC(=O)C2CC(=O)N(c3ccccc3C)C2)n(-c2nc3c(cnn3-c3cccc(Cl)c3)c(=O)[nH]2)n1. The third-order valence-electron chi connectivity index (χ3n) is 6.66. The van der Waals surface area contributed by atoms with E-state index in [4.69, 9.17) is 11.6 Å². The van der Waals surface area contributed by atoms with Crippen LogP contribution in [0.2, 0.25) is 5.02 Å². The van der Waals surface area contributed by atoms with E-state index in [1.54, 1.807) is 42.2 Å². The van der Waals surface area contributed by atoms with Gasteiger partial charge in [0.25, 0.3) is 5.56 Å². The van der Waals surface area contributed by atoms with Gasteiger partial charge in [-0.3, -0.25) is 19.4 Å². The number of para-hydroxylation sites is 1. The first-order valence-electron chi connectivity index (χ1n) is 12.3. The number of H-pyrrole nitrogens is 1. The Balaban J connectivity index is 1.31. The number of nitrogens with zero attached hydrogens (tertiary/aromatic N) is 6. The quantitative estimate of drug-likeness (QED) is 0.349. The van der Waals surface area contributed by atoms with E-state index in [1.807, 2.05) is 31.2 Å². The van der Waals surface area contributed by atoms with Crippen molar-refractivity contribution in [3.63, 3.8) is 0 Å². The van der Waals surface area contributed by atoms with Gasteiger partial charge in [-0.2, -0.15) is 19.9 Å². The van der Waals surface area contributed by atoms with Crippen molar-refractivity contribution >= 4 is 46.0 Å². The Morgan fingerprint density at radius 2 is 1.90 bits per heavy atom. The molecule has 3 aromatic heterocycles. The highest BCUT2D eigenvalue weighted by Gasteiger charge is 2.36. The van der Waals surface area contributed by atoms with Gasteiger partial charge in [0.05, 0.1) is 23.5 Å². The monoisotopic (exact) mass is 542 g/mol. The standard InChI is InChI=1S/C27H23ClN8O3/c1-15-6-3-4-9-21(15)34-14-17(11-23(34)37)25(38)30-22-10-16(2)33-36(22)27-31-24-20(26(39)32-27)13-29-35(24)19-8-5-7-18(28)12-19/h3-10,12-13,17H,11,14H2,1-2H3,(H,30,38)(H,31,32,39). The summed E-state index contributed by atoms with van der Waals surface area (Å²) in [7, 11) is 0. The lowest BCUT2D eigenvalue weighted by Gasteiger charge is -2.19. The number of aromatic nitrogens is 6. The molecule has 196 valence electrons. The van der Waals surface area contributed by atoms with Crippen LogP contribution in [0, 0.1) is 19.8 Å². The third kappa shape index (κ3) is 4.46. The molecule has 11 nitrogen and oxygen atoms in total. The number of benzene rings is 2. The van der Waals surface area contributed by atoms with Crippen LogP contribution in [0.3, 0.4) is 0 Å². The lowest BCUT2D eigenvalue weighted by atomic mass is 10.1. The molecule has 0 radical (unpaired) electrons. The average molecular weight is 543 g/mol. The van der Waals surface area contributed by atoms with Crippen LogP contribution in [0.5, 0.6) is 0 Å². The second-order valence-electron chi connectivity index (χ2n) is 9.43. The van der Waals surface area contributed by atoms with E-state index in [0.717, 1.165) is 11.3 Å². The lowest BCUT2D eigenvalue weighted by molar-refractivity contribution is -0.122. The van der Waals surface area contributed by atoms with Crippen LogP contribution in [-0.2, 0) is 9.59 Å². The molecule has 39 heavy (non-hydrogen) atoms. The summed E-state index contributed by atoms with van der Waals surface area (Å²) in [5, 5.41) is 12.4. The summed E-state index contributed by atoms with van der Waals surface area (Å²) >= 11 is 6.15. The van der Waals surface area contributed by atoms with E-state index < -0.39 is 11.5 Å². The van der Waals surface area contributed by atoms with E-state index in [1.165, 1.54) is 15.6 Å². The van der Waals surface area contributed by atoms with Gasteiger partial charge in [-0.25, -0.2) is 4.68 Å². The molecule has 1 aliphatic heterocycles. The van der Waals surface area contributed by atoms with Crippen LogP contribution in [0.25, 0.3) is 22.7 Å². The zero-order chi connectivity index (χ0) is 27.3. The first-order chi connectivity index (χ1) is 18.8. The summed E-state index contributed by atoms with van der Waals surface area (Å²) in [5.74, 6) is -0.577. The van der Waals surface area contributed by atoms with E-state index in [9.17, 15) is 14.4 Å². The molecule has 1 fully saturated rings. The summed E-state index contributed by atoms with van der Waals surface area (Å²) in [4.78, 5) is 47.9. The molecule has 1 atom stereocenters. The summed E-state index contributed by atoms with van der Waals surface area (Å²) in [5.41, 5.74) is 2.88. The Morgan fingerprint density at radius 1 is 1.08 bits per heavy atom. The number of hydrogen-bond acceptors (Lipinski definition) is 6. The predicted molar refractivity (Wildman–Crippen MR) is 147 cm³/mol. The number of halogens is 1.